The van der Waals surface area contributed by atoms with E-state index in [0.29, 0.717) is 5.82 Å². The van der Waals surface area contributed by atoms with E-state index in [1.807, 2.05) is 0 Å². The first-order valence-corrected chi connectivity index (χ1v) is 7.90. The van der Waals surface area contributed by atoms with Gasteiger partial charge in [0, 0.05) is 12.6 Å². The first-order valence-electron chi connectivity index (χ1n) is 6.08. The van der Waals surface area contributed by atoms with E-state index < -0.39 is 26.8 Å². The third-order valence-electron chi connectivity index (χ3n) is 3.18. The first-order chi connectivity index (χ1) is 9.78. The van der Waals surface area contributed by atoms with Gasteiger partial charge in [-0.1, -0.05) is 0 Å². The molecule has 2 heterocycles. The largest absolute Gasteiger partial charge is 0.481 e. The number of carboxylic acid groups (broad SMARTS) is 1. The summed E-state index contributed by atoms with van der Waals surface area (Å²) in [5, 5.41) is 19.5. The lowest BCUT2D eigenvalue weighted by atomic mass is 10.2. The summed E-state index contributed by atoms with van der Waals surface area (Å²) in [7, 11) is -3.28. The molecule has 114 valence electrons. The van der Waals surface area contributed by atoms with Crippen molar-refractivity contribution in [1.82, 2.24) is 4.98 Å². The number of hydrogen-bond acceptors (Lipinski definition) is 7. The minimum Gasteiger partial charge on any atom is -0.481 e. The number of pyridine rings is 1. The molecule has 0 amide bonds. The molecule has 1 fully saturated rings. The Morgan fingerprint density at radius 1 is 1.52 bits per heavy atom. The maximum atomic E-state index is 11.6. The molecule has 1 aliphatic heterocycles. The van der Waals surface area contributed by atoms with E-state index in [4.69, 9.17) is 5.11 Å². The van der Waals surface area contributed by atoms with Crippen LogP contribution >= 0.6 is 0 Å². The van der Waals surface area contributed by atoms with E-state index in [1.165, 1.54) is 12.1 Å². The highest BCUT2D eigenvalue weighted by Crippen LogP contribution is 2.23. The summed E-state index contributed by atoms with van der Waals surface area (Å²) in [6, 6.07) is 1.92. The molecule has 1 aromatic heterocycles. The first kappa shape index (κ1) is 15.2. The van der Waals surface area contributed by atoms with Crippen molar-refractivity contribution in [3.8, 4) is 0 Å². The lowest BCUT2D eigenvalue weighted by Gasteiger charge is -2.35. The van der Waals surface area contributed by atoms with E-state index in [2.05, 4.69) is 4.98 Å². The fraction of sp³-hybridized carbons (Fsp3) is 0.455. The van der Waals surface area contributed by atoms with Gasteiger partial charge in [0.15, 0.2) is 9.84 Å². The van der Waals surface area contributed by atoms with Gasteiger partial charge in [-0.15, -0.1) is 0 Å². The average molecular weight is 315 g/mol. The number of sulfone groups is 1. The number of aliphatic carboxylic acids is 1. The van der Waals surface area contributed by atoms with Gasteiger partial charge in [0.05, 0.1) is 28.9 Å². The van der Waals surface area contributed by atoms with Crippen molar-refractivity contribution in [2.45, 2.75) is 12.5 Å². The molecule has 21 heavy (non-hydrogen) atoms. The molecule has 0 bridgehead atoms. The van der Waals surface area contributed by atoms with Gasteiger partial charge in [-0.2, -0.15) is 0 Å². The van der Waals surface area contributed by atoms with Crippen molar-refractivity contribution >= 4 is 27.3 Å². The van der Waals surface area contributed by atoms with Crippen LogP contribution in [-0.4, -0.2) is 53.5 Å². The number of nitro groups is 1. The van der Waals surface area contributed by atoms with Crippen LogP contribution in [0.2, 0.25) is 0 Å². The number of nitrogens with zero attached hydrogens (tertiary/aromatic N) is 3. The molecule has 9 nitrogen and oxygen atoms in total. The Hall–Kier alpha value is -2.23. The van der Waals surface area contributed by atoms with Gasteiger partial charge in [0.25, 0.3) is 5.69 Å². The molecular weight excluding hydrogens is 302 g/mol. The predicted molar refractivity (Wildman–Crippen MR) is 72.9 cm³/mol. The molecule has 1 aliphatic rings. The number of carboxylic acids is 1. The number of anilines is 1. The van der Waals surface area contributed by atoms with Gasteiger partial charge in [0.1, 0.15) is 12.0 Å². The molecule has 2 rings (SSSR count). The minimum atomic E-state index is -3.28. The number of rotatable bonds is 4. The maximum absolute atomic E-state index is 11.6. The third-order valence-corrected chi connectivity index (χ3v) is 4.88. The Morgan fingerprint density at radius 2 is 2.24 bits per heavy atom. The van der Waals surface area contributed by atoms with Crippen molar-refractivity contribution < 1.29 is 23.2 Å². The van der Waals surface area contributed by atoms with Gasteiger partial charge >= 0.3 is 5.97 Å². The van der Waals surface area contributed by atoms with Crippen LogP contribution in [0.3, 0.4) is 0 Å². The molecule has 10 heteroatoms. The zero-order valence-electron chi connectivity index (χ0n) is 10.9. The summed E-state index contributed by atoms with van der Waals surface area (Å²) in [6.45, 7) is 0.116. The Morgan fingerprint density at radius 3 is 2.76 bits per heavy atom. The van der Waals surface area contributed by atoms with Crippen molar-refractivity contribution in [3.05, 3.63) is 28.4 Å². The van der Waals surface area contributed by atoms with Gasteiger partial charge in [-0.3, -0.25) is 14.9 Å². The second kappa shape index (κ2) is 5.64. The zero-order valence-corrected chi connectivity index (χ0v) is 11.7. The Labute approximate surface area is 120 Å². The summed E-state index contributed by atoms with van der Waals surface area (Å²) in [6.07, 6.45) is 0.730. The Balaban J connectivity index is 2.26. The van der Waals surface area contributed by atoms with Crippen molar-refractivity contribution in [3.63, 3.8) is 0 Å². The molecule has 1 aromatic rings. The van der Waals surface area contributed by atoms with E-state index in [-0.39, 0.29) is 30.2 Å². The molecule has 0 spiro atoms. The zero-order chi connectivity index (χ0) is 15.6. The quantitative estimate of drug-likeness (QED) is 0.610. The molecule has 1 saturated heterocycles. The second-order valence-electron chi connectivity index (χ2n) is 4.69. The highest BCUT2D eigenvalue weighted by molar-refractivity contribution is 7.91. The van der Waals surface area contributed by atoms with E-state index in [9.17, 15) is 23.3 Å². The average Bonchev–Trinajstić information content (AvgIpc) is 2.37. The van der Waals surface area contributed by atoms with Crippen LogP contribution in [-0.2, 0) is 14.6 Å². The molecule has 0 radical (unpaired) electrons. The Kier molecular flexibility index (Phi) is 4.07. The van der Waals surface area contributed by atoms with Crippen LogP contribution in [0.5, 0.6) is 0 Å². The number of hydrogen-bond donors (Lipinski definition) is 1. The van der Waals surface area contributed by atoms with Crippen LogP contribution in [0.25, 0.3) is 0 Å². The molecular formula is C11H13N3O6S. The smallest absolute Gasteiger partial charge is 0.305 e. The lowest BCUT2D eigenvalue weighted by Crippen LogP contribution is -2.49. The number of carbonyl (C=O) groups is 1. The normalized spacial score (nSPS) is 21.0. The van der Waals surface area contributed by atoms with E-state index >= 15 is 0 Å². The van der Waals surface area contributed by atoms with Crippen molar-refractivity contribution in [2.24, 2.45) is 0 Å². The Bertz CT molecular complexity index is 657. The van der Waals surface area contributed by atoms with Crippen LogP contribution in [0.1, 0.15) is 6.42 Å². The second-order valence-corrected chi connectivity index (χ2v) is 6.92. The van der Waals surface area contributed by atoms with Gasteiger partial charge in [-0.05, 0) is 6.07 Å². The SMILES string of the molecule is O=C(O)CC1CS(=O)(=O)CCN1c1ccc([N+](=O)[O-])cn1. The van der Waals surface area contributed by atoms with Crippen molar-refractivity contribution in [1.29, 1.82) is 0 Å². The summed E-state index contributed by atoms with van der Waals surface area (Å²) in [4.78, 5) is 26.3. The third kappa shape index (κ3) is 3.66. The highest BCUT2D eigenvalue weighted by atomic mass is 32.2. The predicted octanol–water partition coefficient (Wildman–Crippen LogP) is 0.0679. The monoisotopic (exact) mass is 315 g/mol. The molecule has 1 N–H and O–H groups in total. The minimum absolute atomic E-state index is 0.0954. The van der Waals surface area contributed by atoms with Crippen LogP contribution in [0.15, 0.2) is 18.3 Å². The molecule has 1 atom stereocenters. The lowest BCUT2D eigenvalue weighted by molar-refractivity contribution is -0.385. The van der Waals surface area contributed by atoms with Gasteiger partial charge < -0.3 is 10.0 Å². The van der Waals surface area contributed by atoms with Crippen LogP contribution in [0, 0.1) is 10.1 Å². The van der Waals surface area contributed by atoms with Gasteiger partial charge in [0.2, 0.25) is 0 Å². The topological polar surface area (TPSA) is 131 Å². The highest BCUT2D eigenvalue weighted by Gasteiger charge is 2.33. The van der Waals surface area contributed by atoms with E-state index in [1.54, 1.807) is 4.90 Å². The summed E-state index contributed by atoms with van der Waals surface area (Å²) >= 11 is 0. The molecule has 0 saturated carbocycles. The number of aromatic nitrogens is 1. The van der Waals surface area contributed by atoms with Gasteiger partial charge in [-0.25, -0.2) is 13.4 Å². The fourth-order valence-electron chi connectivity index (χ4n) is 2.21. The van der Waals surface area contributed by atoms with Crippen molar-refractivity contribution in [2.75, 3.05) is 23.0 Å². The van der Waals surface area contributed by atoms with E-state index in [0.717, 1.165) is 6.20 Å². The fourth-order valence-corrected chi connectivity index (χ4v) is 3.74. The standard InChI is InChI=1S/C11H13N3O6S/c15-11(16)5-9-7-21(19,20)4-3-13(9)10-2-1-8(6-12-10)14(17)18/h1-2,6,9H,3-5,7H2,(H,15,16). The molecule has 0 aliphatic carbocycles. The molecule has 1 unspecified atom stereocenters. The van der Waals surface area contributed by atoms with Crippen LogP contribution in [0.4, 0.5) is 11.5 Å². The summed E-state index contributed by atoms with van der Waals surface area (Å²) in [5.74, 6) is -1.13. The summed E-state index contributed by atoms with van der Waals surface area (Å²) < 4.78 is 23.3. The van der Waals surface area contributed by atoms with Crippen LogP contribution < -0.4 is 4.90 Å². The maximum Gasteiger partial charge on any atom is 0.305 e. The molecule has 0 aromatic carbocycles. The summed E-state index contributed by atoms with van der Waals surface area (Å²) in [5.41, 5.74) is -0.182.